The smallest absolute Gasteiger partial charge is 0.251 e. The van der Waals surface area contributed by atoms with Gasteiger partial charge in [-0.1, -0.05) is 19.1 Å². The van der Waals surface area contributed by atoms with Gasteiger partial charge in [0.1, 0.15) is 5.82 Å². The molecule has 2 aromatic rings. The van der Waals surface area contributed by atoms with Gasteiger partial charge in [-0.05, 0) is 54.3 Å². The van der Waals surface area contributed by atoms with Crippen LogP contribution in [0.25, 0.3) is 0 Å². The van der Waals surface area contributed by atoms with Crippen molar-refractivity contribution in [3.63, 3.8) is 0 Å². The van der Waals surface area contributed by atoms with E-state index in [-0.39, 0.29) is 17.8 Å². The predicted molar refractivity (Wildman–Crippen MR) is 85.5 cm³/mol. The zero-order valence-corrected chi connectivity index (χ0v) is 12.5. The van der Waals surface area contributed by atoms with Gasteiger partial charge in [0.2, 0.25) is 0 Å². The predicted octanol–water partition coefficient (Wildman–Crippen LogP) is 3.67. The molecule has 2 N–H and O–H groups in total. The maximum Gasteiger partial charge on any atom is 0.251 e. The fraction of sp³-hybridized carbons (Fsp3) is 0.278. The molecule has 0 radical (unpaired) electrons. The molecule has 0 aliphatic carbocycles. The summed E-state index contributed by atoms with van der Waals surface area (Å²) in [5.41, 5.74) is 4.07. The number of carbonyl (C=O) groups is 1. The number of hydrogen-bond acceptors (Lipinski definition) is 2. The number of halogens is 1. The Morgan fingerprint density at radius 1 is 1.27 bits per heavy atom. The van der Waals surface area contributed by atoms with Crippen molar-refractivity contribution in [1.82, 2.24) is 5.32 Å². The van der Waals surface area contributed by atoms with Crippen LogP contribution >= 0.6 is 0 Å². The summed E-state index contributed by atoms with van der Waals surface area (Å²) in [4.78, 5) is 12.3. The van der Waals surface area contributed by atoms with Crippen LogP contribution in [0.5, 0.6) is 0 Å². The second kappa shape index (κ2) is 6.18. The fourth-order valence-electron chi connectivity index (χ4n) is 2.81. The lowest BCUT2D eigenvalue weighted by molar-refractivity contribution is 0.0935. The maximum absolute atomic E-state index is 12.9. The van der Waals surface area contributed by atoms with Crippen LogP contribution in [0.4, 0.5) is 10.1 Å². The second-order valence-electron chi connectivity index (χ2n) is 5.53. The summed E-state index contributed by atoms with van der Waals surface area (Å²) in [7, 11) is 0. The number of nitrogens with one attached hydrogen (secondary N) is 2. The molecule has 0 aromatic heterocycles. The van der Waals surface area contributed by atoms with Crippen LogP contribution in [0.3, 0.4) is 0 Å². The lowest BCUT2D eigenvalue weighted by Gasteiger charge is -2.18. The summed E-state index contributed by atoms with van der Waals surface area (Å²) in [5.74, 6) is -0.514. The van der Waals surface area contributed by atoms with Gasteiger partial charge in [-0.3, -0.25) is 4.79 Å². The topological polar surface area (TPSA) is 41.1 Å². The first-order valence-electron chi connectivity index (χ1n) is 7.60. The molecule has 0 fully saturated rings. The van der Waals surface area contributed by atoms with E-state index in [1.54, 1.807) is 0 Å². The van der Waals surface area contributed by atoms with E-state index in [1.807, 2.05) is 6.92 Å². The van der Waals surface area contributed by atoms with E-state index in [0.29, 0.717) is 5.56 Å². The number of carbonyl (C=O) groups excluding carboxylic acids is 1. The van der Waals surface area contributed by atoms with Gasteiger partial charge >= 0.3 is 0 Å². The molecule has 2 aromatic carbocycles. The Morgan fingerprint density at radius 2 is 2.05 bits per heavy atom. The summed E-state index contributed by atoms with van der Waals surface area (Å²) in [6.45, 7) is 3.01. The molecule has 0 spiro atoms. The van der Waals surface area contributed by atoms with E-state index >= 15 is 0 Å². The van der Waals surface area contributed by atoms with Gasteiger partial charge in [0.25, 0.3) is 5.91 Å². The summed E-state index contributed by atoms with van der Waals surface area (Å²) >= 11 is 0. The third-order valence-corrected chi connectivity index (χ3v) is 4.06. The number of hydrogen-bond donors (Lipinski definition) is 2. The van der Waals surface area contributed by atoms with E-state index in [4.69, 9.17) is 0 Å². The minimum atomic E-state index is -0.338. The largest absolute Gasteiger partial charge is 0.384 e. The van der Waals surface area contributed by atoms with E-state index in [1.165, 1.54) is 35.5 Å². The van der Waals surface area contributed by atoms with Crippen molar-refractivity contribution in [3.8, 4) is 0 Å². The van der Waals surface area contributed by atoms with Gasteiger partial charge in [0.15, 0.2) is 0 Å². The highest BCUT2D eigenvalue weighted by Crippen LogP contribution is 2.27. The van der Waals surface area contributed by atoms with Crippen molar-refractivity contribution in [2.45, 2.75) is 25.8 Å². The highest BCUT2D eigenvalue weighted by atomic mass is 19.1. The van der Waals surface area contributed by atoms with Crippen molar-refractivity contribution in [2.75, 3.05) is 11.9 Å². The molecule has 1 atom stereocenters. The molecule has 0 bridgehead atoms. The Hall–Kier alpha value is -2.36. The van der Waals surface area contributed by atoms with Gasteiger partial charge in [-0.2, -0.15) is 0 Å². The highest BCUT2D eigenvalue weighted by molar-refractivity contribution is 5.94. The van der Waals surface area contributed by atoms with Crippen LogP contribution in [0.15, 0.2) is 42.5 Å². The first-order chi connectivity index (χ1) is 10.7. The molecular weight excluding hydrogens is 279 g/mol. The molecule has 1 aliphatic heterocycles. The van der Waals surface area contributed by atoms with E-state index < -0.39 is 0 Å². The summed E-state index contributed by atoms with van der Waals surface area (Å²) < 4.78 is 12.9. The molecule has 114 valence electrons. The van der Waals surface area contributed by atoms with Crippen LogP contribution in [0.2, 0.25) is 0 Å². The van der Waals surface area contributed by atoms with Crippen molar-refractivity contribution in [1.29, 1.82) is 0 Å². The van der Waals surface area contributed by atoms with Crippen LogP contribution in [0, 0.1) is 5.82 Å². The van der Waals surface area contributed by atoms with Crippen LogP contribution in [-0.2, 0) is 6.42 Å². The van der Waals surface area contributed by atoms with Gasteiger partial charge in [-0.25, -0.2) is 4.39 Å². The summed E-state index contributed by atoms with van der Waals surface area (Å²) in [6, 6.07) is 11.9. The van der Waals surface area contributed by atoms with Crippen molar-refractivity contribution >= 4 is 11.6 Å². The number of fused-ring (bicyclic) bond motifs is 1. The molecule has 1 aliphatic rings. The SMILES string of the molecule is CCC(NC(=O)c1ccc(F)cc1)c1ccc2c(c1)CCN2. The molecule has 3 rings (SSSR count). The normalized spacial score (nSPS) is 14.1. The molecule has 1 heterocycles. The average Bonchev–Trinajstić information content (AvgIpc) is 3.00. The first-order valence-corrected chi connectivity index (χ1v) is 7.60. The Balaban J connectivity index is 1.76. The molecule has 1 unspecified atom stereocenters. The molecular formula is C18H19FN2O. The number of benzene rings is 2. The van der Waals surface area contributed by atoms with Crippen LogP contribution in [-0.4, -0.2) is 12.5 Å². The number of amides is 1. The monoisotopic (exact) mass is 298 g/mol. The van der Waals surface area contributed by atoms with Crippen molar-refractivity contribution in [3.05, 3.63) is 65.0 Å². The Bertz CT molecular complexity index is 682. The summed E-state index contributed by atoms with van der Waals surface area (Å²) in [5, 5.41) is 6.36. The van der Waals surface area contributed by atoms with Gasteiger partial charge in [0, 0.05) is 17.8 Å². The third kappa shape index (κ3) is 2.96. The number of anilines is 1. The van der Waals surface area contributed by atoms with Gasteiger partial charge < -0.3 is 10.6 Å². The van der Waals surface area contributed by atoms with E-state index in [2.05, 4.69) is 28.8 Å². The Morgan fingerprint density at radius 3 is 2.77 bits per heavy atom. The van der Waals surface area contributed by atoms with Crippen molar-refractivity contribution < 1.29 is 9.18 Å². The Kier molecular flexibility index (Phi) is 4.09. The summed E-state index contributed by atoms with van der Waals surface area (Å²) in [6.07, 6.45) is 1.82. The van der Waals surface area contributed by atoms with E-state index in [9.17, 15) is 9.18 Å². The third-order valence-electron chi connectivity index (χ3n) is 4.06. The second-order valence-corrected chi connectivity index (χ2v) is 5.53. The Labute approximate surface area is 129 Å². The van der Waals surface area contributed by atoms with Gasteiger partial charge in [-0.15, -0.1) is 0 Å². The van der Waals surface area contributed by atoms with Crippen LogP contribution < -0.4 is 10.6 Å². The highest BCUT2D eigenvalue weighted by Gasteiger charge is 2.17. The number of rotatable bonds is 4. The first kappa shape index (κ1) is 14.6. The molecule has 0 saturated carbocycles. The van der Waals surface area contributed by atoms with Crippen LogP contribution in [0.1, 0.15) is 40.9 Å². The molecule has 22 heavy (non-hydrogen) atoms. The van der Waals surface area contributed by atoms with Crippen molar-refractivity contribution in [2.24, 2.45) is 0 Å². The standard InChI is InChI=1S/C18H19FN2O/c1-2-16(13-5-8-17-14(11-13)9-10-20-17)21-18(22)12-3-6-15(19)7-4-12/h3-8,11,16,20H,2,9-10H2,1H3,(H,21,22). The maximum atomic E-state index is 12.9. The minimum Gasteiger partial charge on any atom is -0.384 e. The lowest BCUT2D eigenvalue weighted by Crippen LogP contribution is -2.28. The lowest BCUT2D eigenvalue weighted by atomic mass is 10.00. The average molecular weight is 298 g/mol. The zero-order valence-electron chi connectivity index (χ0n) is 12.5. The molecule has 0 saturated heterocycles. The fourth-order valence-corrected chi connectivity index (χ4v) is 2.81. The zero-order chi connectivity index (χ0) is 15.5. The quantitative estimate of drug-likeness (QED) is 0.904. The molecule has 4 heteroatoms. The van der Waals surface area contributed by atoms with E-state index in [0.717, 1.165) is 24.9 Å². The molecule has 3 nitrogen and oxygen atoms in total. The minimum absolute atomic E-state index is 0.0385. The molecule has 1 amide bonds. The van der Waals surface area contributed by atoms with Gasteiger partial charge in [0.05, 0.1) is 6.04 Å².